The van der Waals surface area contributed by atoms with Crippen molar-refractivity contribution in [1.29, 1.82) is 0 Å². The SMILES string of the molecule is Cc1cc(Nc2nccc(C(C)C)n2)cc(-c2csc(C3(O)CCC3)n2)c1. The number of anilines is 2. The van der Waals surface area contributed by atoms with E-state index in [0.717, 1.165) is 52.5 Å². The first kappa shape index (κ1) is 18.1. The van der Waals surface area contributed by atoms with Gasteiger partial charge in [0.25, 0.3) is 0 Å². The number of nitrogens with one attached hydrogen (secondary N) is 1. The van der Waals surface area contributed by atoms with Crippen molar-refractivity contribution in [2.45, 2.75) is 51.6 Å². The van der Waals surface area contributed by atoms with Gasteiger partial charge in [-0.25, -0.2) is 15.0 Å². The number of hydrogen-bond acceptors (Lipinski definition) is 6. The molecule has 0 amide bonds. The van der Waals surface area contributed by atoms with E-state index < -0.39 is 5.60 Å². The van der Waals surface area contributed by atoms with Crippen molar-refractivity contribution in [3.8, 4) is 11.3 Å². The van der Waals surface area contributed by atoms with Crippen molar-refractivity contribution in [2.24, 2.45) is 0 Å². The molecule has 0 radical (unpaired) electrons. The van der Waals surface area contributed by atoms with Gasteiger partial charge >= 0.3 is 0 Å². The van der Waals surface area contributed by atoms with Gasteiger partial charge in [0.2, 0.25) is 5.95 Å². The monoisotopic (exact) mass is 380 g/mol. The van der Waals surface area contributed by atoms with Crippen LogP contribution < -0.4 is 5.32 Å². The average molecular weight is 381 g/mol. The Morgan fingerprint density at radius 2 is 2.00 bits per heavy atom. The molecule has 140 valence electrons. The lowest BCUT2D eigenvalue weighted by molar-refractivity contribution is -0.0388. The van der Waals surface area contributed by atoms with Crippen molar-refractivity contribution in [1.82, 2.24) is 15.0 Å². The van der Waals surface area contributed by atoms with Gasteiger partial charge in [-0.3, -0.25) is 0 Å². The van der Waals surface area contributed by atoms with E-state index >= 15 is 0 Å². The summed E-state index contributed by atoms with van der Waals surface area (Å²) in [6.45, 7) is 6.30. The molecule has 0 atom stereocenters. The summed E-state index contributed by atoms with van der Waals surface area (Å²) in [5.41, 5.74) is 4.30. The molecule has 0 aliphatic heterocycles. The second kappa shape index (κ2) is 7.02. The topological polar surface area (TPSA) is 70.9 Å². The molecule has 0 bridgehead atoms. The molecule has 2 aromatic heterocycles. The molecular weight excluding hydrogens is 356 g/mol. The zero-order chi connectivity index (χ0) is 19.0. The average Bonchev–Trinajstić information content (AvgIpc) is 3.10. The van der Waals surface area contributed by atoms with E-state index in [1.807, 2.05) is 11.4 Å². The van der Waals surface area contributed by atoms with Crippen molar-refractivity contribution in [2.75, 3.05) is 5.32 Å². The van der Waals surface area contributed by atoms with E-state index in [1.165, 1.54) is 0 Å². The molecule has 5 nitrogen and oxygen atoms in total. The number of benzene rings is 1. The Balaban J connectivity index is 1.61. The summed E-state index contributed by atoms with van der Waals surface area (Å²) in [6.07, 6.45) is 4.47. The fourth-order valence-electron chi connectivity index (χ4n) is 3.23. The molecule has 4 rings (SSSR count). The summed E-state index contributed by atoms with van der Waals surface area (Å²) in [4.78, 5) is 13.6. The fraction of sp³-hybridized carbons (Fsp3) is 0.381. The van der Waals surface area contributed by atoms with Crippen LogP contribution in [-0.4, -0.2) is 20.1 Å². The second-order valence-corrected chi connectivity index (χ2v) is 8.45. The van der Waals surface area contributed by atoms with Gasteiger partial charge < -0.3 is 10.4 Å². The van der Waals surface area contributed by atoms with E-state index in [1.54, 1.807) is 17.5 Å². The minimum Gasteiger partial charge on any atom is -0.383 e. The molecule has 0 saturated heterocycles. The summed E-state index contributed by atoms with van der Waals surface area (Å²) < 4.78 is 0. The predicted molar refractivity (Wildman–Crippen MR) is 109 cm³/mol. The molecule has 1 aliphatic carbocycles. The molecule has 0 spiro atoms. The Morgan fingerprint density at radius 3 is 2.70 bits per heavy atom. The number of hydrogen-bond donors (Lipinski definition) is 2. The third-order valence-electron chi connectivity index (χ3n) is 4.98. The minimum absolute atomic E-state index is 0.354. The Bertz CT molecular complexity index is 962. The van der Waals surface area contributed by atoms with Crippen LogP contribution in [0, 0.1) is 6.92 Å². The van der Waals surface area contributed by atoms with Gasteiger partial charge in [0.1, 0.15) is 10.6 Å². The van der Waals surface area contributed by atoms with Crippen LogP contribution in [0.15, 0.2) is 35.8 Å². The highest BCUT2D eigenvalue weighted by molar-refractivity contribution is 7.10. The maximum atomic E-state index is 10.5. The lowest BCUT2D eigenvalue weighted by atomic mass is 9.81. The summed E-state index contributed by atoms with van der Waals surface area (Å²) in [7, 11) is 0. The number of aliphatic hydroxyl groups is 1. The van der Waals surface area contributed by atoms with Crippen LogP contribution in [0.2, 0.25) is 0 Å². The molecule has 2 heterocycles. The summed E-state index contributed by atoms with van der Waals surface area (Å²) in [5, 5.41) is 16.7. The lowest BCUT2D eigenvalue weighted by Crippen LogP contribution is -2.33. The van der Waals surface area contributed by atoms with Gasteiger partial charge in [0.05, 0.1) is 5.69 Å². The Morgan fingerprint density at radius 1 is 1.19 bits per heavy atom. The molecule has 2 N–H and O–H groups in total. The van der Waals surface area contributed by atoms with Crippen LogP contribution in [0.1, 0.15) is 55.3 Å². The highest BCUT2D eigenvalue weighted by atomic mass is 32.1. The first-order chi connectivity index (χ1) is 12.9. The van der Waals surface area contributed by atoms with Crippen molar-refractivity contribution in [3.05, 3.63) is 52.1 Å². The van der Waals surface area contributed by atoms with Crippen LogP contribution >= 0.6 is 11.3 Å². The van der Waals surface area contributed by atoms with Gasteiger partial charge in [-0.2, -0.15) is 0 Å². The minimum atomic E-state index is -0.709. The molecule has 1 aromatic carbocycles. The van der Waals surface area contributed by atoms with E-state index in [9.17, 15) is 5.11 Å². The Hall–Kier alpha value is -2.31. The van der Waals surface area contributed by atoms with Crippen LogP contribution in [0.5, 0.6) is 0 Å². The maximum Gasteiger partial charge on any atom is 0.227 e. The van der Waals surface area contributed by atoms with Gasteiger partial charge in [-0.1, -0.05) is 13.8 Å². The standard InChI is InChI=1S/C21H24N4OS/c1-13(2)17-5-8-22-20(25-17)23-16-10-14(3)9-15(11-16)18-12-27-19(24-18)21(26)6-4-7-21/h5,8-13,26H,4,6-7H2,1-3H3,(H,22,23,25). The van der Waals surface area contributed by atoms with Gasteiger partial charge in [0.15, 0.2) is 0 Å². The predicted octanol–water partition coefficient (Wildman–Crippen LogP) is 5.15. The Labute approximate surface area is 163 Å². The summed E-state index contributed by atoms with van der Waals surface area (Å²) >= 11 is 1.54. The fourth-order valence-corrected chi connectivity index (χ4v) is 4.22. The van der Waals surface area contributed by atoms with Gasteiger partial charge in [-0.15, -0.1) is 11.3 Å². The van der Waals surface area contributed by atoms with Gasteiger partial charge in [0, 0.05) is 28.5 Å². The van der Waals surface area contributed by atoms with E-state index in [0.29, 0.717) is 11.9 Å². The third-order valence-corrected chi connectivity index (χ3v) is 6.02. The smallest absolute Gasteiger partial charge is 0.227 e. The van der Waals surface area contributed by atoms with Crippen LogP contribution in [0.3, 0.4) is 0 Å². The third kappa shape index (κ3) is 3.73. The number of rotatable bonds is 5. The molecule has 3 aromatic rings. The van der Waals surface area contributed by atoms with E-state index in [-0.39, 0.29) is 0 Å². The number of thiazole rings is 1. The maximum absolute atomic E-state index is 10.5. The Kier molecular flexibility index (Phi) is 4.70. The normalized spacial score (nSPS) is 15.6. The van der Waals surface area contributed by atoms with Gasteiger partial charge in [-0.05, 0) is 61.9 Å². The molecule has 1 aliphatic rings. The highest BCUT2D eigenvalue weighted by Gasteiger charge is 2.39. The number of aromatic nitrogens is 3. The number of aryl methyl sites for hydroxylation is 1. The molecule has 1 saturated carbocycles. The molecule has 0 unspecified atom stereocenters. The first-order valence-corrected chi connectivity index (χ1v) is 10.2. The zero-order valence-corrected chi connectivity index (χ0v) is 16.7. The second-order valence-electron chi connectivity index (χ2n) is 7.60. The molecular formula is C21H24N4OS. The number of nitrogens with zero attached hydrogens (tertiary/aromatic N) is 3. The van der Waals surface area contributed by atoms with Crippen molar-refractivity contribution < 1.29 is 5.11 Å². The quantitative estimate of drug-likeness (QED) is 0.641. The zero-order valence-electron chi connectivity index (χ0n) is 15.9. The highest BCUT2D eigenvalue weighted by Crippen LogP contribution is 2.43. The van der Waals surface area contributed by atoms with Crippen LogP contribution in [0.4, 0.5) is 11.6 Å². The summed E-state index contributed by atoms with van der Waals surface area (Å²) in [5.74, 6) is 0.952. The van der Waals surface area contributed by atoms with E-state index in [4.69, 9.17) is 4.98 Å². The first-order valence-electron chi connectivity index (χ1n) is 9.33. The summed E-state index contributed by atoms with van der Waals surface area (Å²) in [6, 6.07) is 8.18. The molecule has 6 heteroatoms. The van der Waals surface area contributed by atoms with Crippen molar-refractivity contribution >= 4 is 23.0 Å². The largest absolute Gasteiger partial charge is 0.383 e. The van der Waals surface area contributed by atoms with E-state index in [2.05, 4.69) is 54.3 Å². The van der Waals surface area contributed by atoms with Crippen LogP contribution in [0.25, 0.3) is 11.3 Å². The van der Waals surface area contributed by atoms with Crippen LogP contribution in [-0.2, 0) is 5.60 Å². The lowest BCUT2D eigenvalue weighted by Gasteiger charge is -2.34. The molecule has 1 fully saturated rings. The molecule has 27 heavy (non-hydrogen) atoms. The van der Waals surface area contributed by atoms with Crippen molar-refractivity contribution in [3.63, 3.8) is 0 Å².